The molecular weight excluding hydrogens is 442 g/mol. The van der Waals surface area contributed by atoms with Gasteiger partial charge in [-0.15, -0.1) is 0 Å². The van der Waals surface area contributed by atoms with Crippen molar-refractivity contribution in [2.45, 2.75) is 33.7 Å². The lowest BCUT2D eigenvalue weighted by atomic mass is 9.94. The summed E-state index contributed by atoms with van der Waals surface area (Å²) in [4.78, 5) is 28.2. The van der Waals surface area contributed by atoms with Gasteiger partial charge in [0.1, 0.15) is 5.76 Å². The van der Waals surface area contributed by atoms with Crippen molar-refractivity contribution in [1.82, 2.24) is 0 Å². The zero-order valence-electron chi connectivity index (χ0n) is 20.6. The molecule has 6 nitrogen and oxygen atoms in total. The number of carbonyl (C=O) groups is 2. The summed E-state index contributed by atoms with van der Waals surface area (Å²) >= 11 is 0. The molecule has 1 heterocycles. The number of aliphatic hydroxyl groups is 1. The van der Waals surface area contributed by atoms with Crippen LogP contribution in [-0.4, -0.2) is 30.5 Å². The molecule has 1 fully saturated rings. The third-order valence-electron chi connectivity index (χ3n) is 6.34. The van der Waals surface area contributed by atoms with Crippen molar-refractivity contribution in [2.24, 2.45) is 0 Å². The van der Waals surface area contributed by atoms with Crippen LogP contribution in [0.25, 0.3) is 5.76 Å². The van der Waals surface area contributed by atoms with Gasteiger partial charge in [0.15, 0.2) is 11.5 Å². The monoisotopic (exact) mass is 471 g/mol. The second kappa shape index (κ2) is 9.66. The molecule has 180 valence electrons. The Kier molecular flexibility index (Phi) is 6.65. The van der Waals surface area contributed by atoms with Gasteiger partial charge in [-0.1, -0.05) is 42.0 Å². The summed E-state index contributed by atoms with van der Waals surface area (Å²) in [6, 6.07) is 17.2. The SMILES string of the molecule is CCOc1cc(C2/C(=C(\O)c3ccc(C)cc3)C(=O)C(=O)N2c2ccc(C)c(C)c2)ccc1OC. The van der Waals surface area contributed by atoms with E-state index >= 15 is 0 Å². The quantitative estimate of drug-likeness (QED) is 0.286. The van der Waals surface area contributed by atoms with Crippen LogP contribution in [-0.2, 0) is 9.59 Å². The predicted octanol–water partition coefficient (Wildman–Crippen LogP) is 5.65. The fourth-order valence-corrected chi connectivity index (χ4v) is 4.29. The number of amides is 1. The smallest absolute Gasteiger partial charge is 0.300 e. The van der Waals surface area contributed by atoms with Gasteiger partial charge in [-0.3, -0.25) is 14.5 Å². The molecule has 1 atom stereocenters. The molecule has 1 N–H and O–H groups in total. The highest BCUT2D eigenvalue weighted by Gasteiger charge is 2.47. The fraction of sp³-hybridized carbons (Fsp3) is 0.241. The number of carbonyl (C=O) groups excluding carboxylic acids is 2. The molecule has 3 aromatic rings. The number of methoxy groups -OCH3 is 1. The highest BCUT2D eigenvalue weighted by molar-refractivity contribution is 6.51. The van der Waals surface area contributed by atoms with Gasteiger partial charge >= 0.3 is 0 Å². The Labute approximate surface area is 205 Å². The van der Waals surface area contributed by atoms with Gasteiger partial charge < -0.3 is 14.6 Å². The molecule has 35 heavy (non-hydrogen) atoms. The molecule has 0 spiro atoms. The average Bonchev–Trinajstić information content (AvgIpc) is 3.11. The van der Waals surface area contributed by atoms with Crippen molar-refractivity contribution in [3.05, 3.63) is 94.1 Å². The molecule has 0 saturated carbocycles. The first-order chi connectivity index (χ1) is 16.8. The van der Waals surface area contributed by atoms with Gasteiger partial charge in [-0.05, 0) is 68.7 Å². The van der Waals surface area contributed by atoms with E-state index in [4.69, 9.17) is 9.47 Å². The first-order valence-corrected chi connectivity index (χ1v) is 11.5. The van der Waals surface area contributed by atoms with Crippen LogP contribution in [0.2, 0.25) is 0 Å². The van der Waals surface area contributed by atoms with E-state index in [1.807, 2.05) is 58.0 Å². The molecule has 0 aromatic heterocycles. The normalized spacial score (nSPS) is 17.1. The number of Topliss-reactive ketones (excluding diaryl/α,β-unsaturated/α-hetero) is 1. The fourth-order valence-electron chi connectivity index (χ4n) is 4.29. The summed E-state index contributed by atoms with van der Waals surface area (Å²) in [6.07, 6.45) is 0. The van der Waals surface area contributed by atoms with Crippen LogP contribution in [0.4, 0.5) is 5.69 Å². The molecule has 1 saturated heterocycles. The standard InChI is InChI=1S/C29H29NO5/c1-6-35-24-16-21(12-14-23(24)34-5)26-25(27(31)20-10-7-17(2)8-11-20)28(32)29(33)30(26)22-13-9-18(3)19(4)15-22/h7-16,26,31H,6H2,1-5H3/b27-25+. The zero-order valence-corrected chi connectivity index (χ0v) is 20.6. The molecular formula is C29H29NO5. The number of ether oxygens (including phenoxy) is 2. The molecule has 0 radical (unpaired) electrons. The Morgan fingerprint density at radius 1 is 0.914 bits per heavy atom. The number of nitrogens with zero attached hydrogens (tertiary/aromatic N) is 1. The predicted molar refractivity (Wildman–Crippen MR) is 136 cm³/mol. The van der Waals surface area contributed by atoms with Crippen LogP contribution in [0, 0.1) is 20.8 Å². The maximum atomic E-state index is 13.4. The summed E-state index contributed by atoms with van der Waals surface area (Å²) in [6.45, 7) is 8.16. The minimum Gasteiger partial charge on any atom is -0.507 e. The molecule has 1 amide bonds. The maximum absolute atomic E-state index is 13.4. The van der Waals surface area contributed by atoms with E-state index in [9.17, 15) is 14.7 Å². The van der Waals surface area contributed by atoms with E-state index in [-0.39, 0.29) is 11.3 Å². The molecule has 0 bridgehead atoms. The second-order valence-electron chi connectivity index (χ2n) is 8.65. The highest BCUT2D eigenvalue weighted by Crippen LogP contribution is 2.44. The van der Waals surface area contributed by atoms with Crippen molar-refractivity contribution in [3.63, 3.8) is 0 Å². The number of rotatable bonds is 6. The highest BCUT2D eigenvalue weighted by atomic mass is 16.5. The van der Waals surface area contributed by atoms with Crippen LogP contribution in [0.15, 0.2) is 66.2 Å². The maximum Gasteiger partial charge on any atom is 0.300 e. The van der Waals surface area contributed by atoms with E-state index in [1.54, 1.807) is 37.4 Å². The van der Waals surface area contributed by atoms with E-state index in [0.717, 1.165) is 16.7 Å². The minimum absolute atomic E-state index is 0.0321. The van der Waals surface area contributed by atoms with Crippen molar-refractivity contribution >= 4 is 23.1 Å². The first-order valence-electron chi connectivity index (χ1n) is 11.5. The third-order valence-corrected chi connectivity index (χ3v) is 6.34. The molecule has 3 aromatic carbocycles. The van der Waals surface area contributed by atoms with Crippen molar-refractivity contribution in [3.8, 4) is 11.5 Å². The lowest BCUT2D eigenvalue weighted by molar-refractivity contribution is -0.132. The molecule has 1 aliphatic rings. The van der Waals surface area contributed by atoms with Crippen LogP contribution in [0.3, 0.4) is 0 Å². The number of anilines is 1. The second-order valence-corrected chi connectivity index (χ2v) is 8.65. The molecule has 4 rings (SSSR count). The Balaban J connectivity index is 1.97. The number of hydrogen-bond donors (Lipinski definition) is 1. The van der Waals surface area contributed by atoms with Crippen molar-refractivity contribution < 1.29 is 24.2 Å². The summed E-state index contributed by atoms with van der Waals surface area (Å²) < 4.78 is 11.2. The van der Waals surface area contributed by atoms with Crippen LogP contribution >= 0.6 is 0 Å². The summed E-state index contributed by atoms with van der Waals surface area (Å²) in [5.74, 6) is -0.611. The van der Waals surface area contributed by atoms with Crippen LogP contribution < -0.4 is 14.4 Å². The lowest BCUT2D eigenvalue weighted by Gasteiger charge is -2.26. The Morgan fingerprint density at radius 2 is 1.63 bits per heavy atom. The van der Waals surface area contributed by atoms with Crippen LogP contribution in [0.5, 0.6) is 11.5 Å². The average molecular weight is 472 g/mol. The van der Waals surface area contributed by atoms with Crippen molar-refractivity contribution in [1.29, 1.82) is 0 Å². The van der Waals surface area contributed by atoms with Crippen LogP contribution in [0.1, 0.15) is 40.8 Å². The summed E-state index contributed by atoms with van der Waals surface area (Å²) in [7, 11) is 1.55. The van der Waals surface area contributed by atoms with Gasteiger partial charge in [0, 0.05) is 11.3 Å². The largest absolute Gasteiger partial charge is 0.507 e. The number of hydrogen-bond acceptors (Lipinski definition) is 5. The summed E-state index contributed by atoms with van der Waals surface area (Å²) in [5, 5.41) is 11.3. The van der Waals surface area contributed by atoms with Gasteiger partial charge in [-0.25, -0.2) is 0 Å². The van der Waals surface area contributed by atoms with E-state index in [1.165, 1.54) is 4.90 Å². The van der Waals surface area contributed by atoms with E-state index in [0.29, 0.717) is 34.9 Å². The van der Waals surface area contributed by atoms with Gasteiger partial charge in [0.05, 0.1) is 25.3 Å². The Hall–Kier alpha value is -4.06. The molecule has 1 unspecified atom stereocenters. The number of aryl methyl sites for hydroxylation is 3. The van der Waals surface area contributed by atoms with E-state index < -0.39 is 17.7 Å². The van der Waals surface area contributed by atoms with Gasteiger partial charge in [0.25, 0.3) is 11.7 Å². The molecule has 1 aliphatic heterocycles. The Bertz CT molecular complexity index is 1320. The number of benzene rings is 3. The van der Waals surface area contributed by atoms with Gasteiger partial charge in [0.2, 0.25) is 0 Å². The first kappa shape index (κ1) is 24.1. The minimum atomic E-state index is -0.844. The number of aliphatic hydroxyl groups excluding tert-OH is 1. The van der Waals surface area contributed by atoms with E-state index in [2.05, 4.69) is 0 Å². The van der Waals surface area contributed by atoms with Gasteiger partial charge in [-0.2, -0.15) is 0 Å². The molecule has 6 heteroatoms. The molecule has 0 aliphatic carbocycles. The summed E-state index contributed by atoms with van der Waals surface area (Å²) in [5.41, 5.74) is 4.79. The lowest BCUT2D eigenvalue weighted by Crippen LogP contribution is -2.29. The third kappa shape index (κ3) is 4.39. The van der Waals surface area contributed by atoms with Crippen molar-refractivity contribution in [2.75, 3.05) is 18.6 Å². The topological polar surface area (TPSA) is 76.1 Å². The zero-order chi connectivity index (χ0) is 25.3. The number of ketones is 1. The Morgan fingerprint density at radius 3 is 2.26 bits per heavy atom.